The number of rotatable bonds is 6. The number of hydrogen-bond acceptors (Lipinski definition) is 7. The van der Waals surface area contributed by atoms with Gasteiger partial charge in [-0.15, -0.1) is 0 Å². The Morgan fingerprint density at radius 1 is 1.19 bits per heavy atom. The fourth-order valence-corrected chi connectivity index (χ4v) is 2.37. The number of thioether (sulfide) groups is 1. The summed E-state index contributed by atoms with van der Waals surface area (Å²) in [5.74, 6) is 1.14. The van der Waals surface area contributed by atoms with Crippen molar-refractivity contribution < 1.29 is 19.0 Å². The molecule has 1 aromatic carbocycles. The molecule has 2 rings (SSSR count). The number of benzene rings is 1. The van der Waals surface area contributed by atoms with Crippen LogP contribution in [0, 0.1) is 0 Å². The van der Waals surface area contributed by atoms with Crippen LogP contribution in [0.25, 0.3) is 11.0 Å². The molecule has 0 amide bonds. The van der Waals surface area contributed by atoms with Crippen molar-refractivity contribution in [3.05, 3.63) is 18.3 Å². The molecule has 0 saturated heterocycles. The van der Waals surface area contributed by atoms with Gasteiger partial charge in [0.05, 0.1) is 43.8 Å². The number of aromatic nitrogens is 2. The van der Waals surface area contributed by atoms with Gasteiger partial charge < -0.3 is 14.2 Å². The Labute approximate surface area is 126 Å². The predicted octanol–water partition coefficient (Wildman–Crippen LogP) is 2.30. The molecule has 0 unspecified atom stereocenters. The summed E-state index contributed by atoms with van der Waals surface area (Å²) in [7, 11) is 3.14. The predicted molar refractivity (Wildman–Crippen MR) is 80.0 cm³/mol. The van der Waals surface area contributed by atoms with Crippen LogP contribution in [0.1, 0.15) is 6.92 Å². The average Bonchev–Trinajstić information content (AvgIpc) is 2.51. The van der Waals surface area contributed by atoms with Gasteiger partial charge in [-0.25, -0.2) is 4.98 Å². The minimum Gasteiger partial charge on any atom is -0.493 e. The van der Waals surface area contributed by atoms with Gasteiger partial charge in [-0.05, 0) is 6.92 Å². The van der Waals surface area contributed by atoms with Crippen LogP contribution in [0.15, 0.2) is 23.4 Å². The van der Waals surface area contributed by atoms with Crippen LogP contribution >= 0.6 is 11.8 Å². The summed E-state index contributed by atoms with van der Waals surface area (Å²) < 4.78 is 15.3. The molecular weight excluding hydrogens is 292 g/mol. The van der Waals surface area contributed by atoms with Crippen molar-refractivity contribution in [3.8, 4) is 11.5 Å². The highest BCUT2D eigenvalue weighted by molar-refractivity contribution is 7.99. The third kappa shape index (κ3) is 3.75. The molecule has 7 heteroatoms. The Hall–Kier alpha value is -2.02. The van der Waals surface area contributed by atoms with Crippen LogP contribution < -0.4 is 9.47 Å². The summed E-state index contributed by atoms with van der Waals surface area (Å²) in [6.07, 6.45) is 1.62. The number of carbonyl (C=O) groups is 1. The quantitative estimate of drug-likeness (QED) is 0.599. The Morgan fingerprint density at radius 3 is 2.48 bits per heavy atom. The maximum Gasteiger partial charge on any atom is 0.316 e. The second-order valence-corrected chi connectivity index (χ2v) is 4.99. The van der Waals surface area contributed by atoms with Gasteiger partial charge in [0, 0.05) is 12.1 Å². The van der Waals surface area contributed by atoms with Crippen molar-refractivity contribution in [2.24, 2.45) is 0 Å². The Morgan fingerprint density at radius 2 is 1.86 bits per heavy atom. The van der Waals surface area contributed by atoms with E-state index in [2.05, 4.69) is 9.97 Å². The van der Waals surface area contributed by atoms with Crippen molar-refractivity contribution in [1.29, 1.82) is 0 Å². The van der Waals surface area contributed by atoms with Gasteiger partial charge in [-0.3, -0.25) is 9.78 Å². The molecule has 0 N–H and O–H groups in total. The molecule has 0 spiro atoms. The van der Waals surface area contributed by atoms with Crippen molar-refractivity contribution in [3.63, 3.8) is 0 Å². The highest BCUT2D eigenvalue weighted by atomic mass is 32.2. The lowest BCUT2D eigenvalue weighted by Crippen LogP contribution is -2.06. The molecule has 6 nitrogen and oxygen atoms in total. The summed E-state index contributed by atoms with van der Waals surface area (Å²) >= 11 is 1.29. The first-order valence-electron chi connectivity index (χ1n) is 6.35. The number of ether oxygens (including phenoxy) is 3. The second-order valence-electron chi connectivity index (χ2n) is 4.00. The monoisotopic (exact) mass is 308 g/mol. The van der Waals surface area contributed by atoms with Crippen LogP contribution in [0.3, 0.4) is 0 Å². The normalized spacial score (nSPS) is 10.4. The van der Waals surface area contributed by atoms with Crippen molar-refractivity contribution in [2.45, 2.75) is 11.9 Å². The van der Waals surface area contributed by atoms with Gasteiger partial charge >= 0.3 is 5.97 Å². The maximum absolute atomic E-state index is 11.3. The van der Waals surface area contributed by atoms with Gasteiger partial charge in [0.2, 0.25) is 0 Å². The highest BCUT2D eigenvalue weighted by Gasteiger charge is 2.10. The highest BCUT2D eigenvalue weighted by Crippen LogP contribution is 2.31. The minimum atomic E-state index is -0.267. The van der Waals surface area contributed by atoms with Gasteiger partial charge in [0.1, 0.15) is 5.03 Å². The fraction of sp³-hybridized carbons (Fsp3) is 0.357. The first-order chi connectivity index (χ1) is 10.2. The second kappa shape index (κ2) is 7.12. The Balaban J connectivity index is 2.22. The molecule has 0 aliphatic heterocycles. The Kier molecular flexibility index (Phi) is 5.21. The molecule has 0 saturated carbocycles. The average molecular weight is 308 g/mol. The summed E-state index contributed by atoms with van der Waals surface area (Å²) in [5.41, 5.74) is 1.38. The van der Waals surface area contributed by atoms with Crippen LogP contribution in [0.2, 0.25) is 0 Å². The number of hydrogen-bond donors (Lipinski definition) is 0. The number of nitrogens with zero attached hydrogens (tertiary/aromatic N) is 2. The van der Waals surface area contributed by atoms with E-state index in [0.717, 1.165) is 0 Å². The topological polar surface area (TPSA) is 70.5 Å². The van der Waals surface area contributed by atoms with E-state index in [9.17, 15) is 4.79 Å². The van der Waals surface area contributed by atoms with Gasteiger partial charge in [0.25, 0.3) is 0 Å². The summed E-state index contributed by atoms with van der Waals surface area (Å²) in [6, 6.07) is 3.52. The van der Waals surface area contributed by atoms with Crippen LogP contribution in [0.4, 0.5) is 0 Å². The largest absolute Gasteiger partial charge is 0.493 e. The lowest BCUT2D eigenvalue weighted by Gasteiger charge is -2.09. The molecule has 1 heterocycles. The molecule has 0 fully saturated rings. The Bertz CT molecular complexity index is 648. The van der Waals surface area contributed by atoms with E-state index < -0.39 is 0 Å². The van der Waals surface area contributed by atoms with Crippen LogP contribution in [-0.2, 0) is 9.53 Å². The summed E-state index contributed by atoms with van der Waals surface area (Å²) in [4.78, 5) is 20.1. The number of fused-ring (bicyclic) bond motifs is 1. The number of carbonyl (C=O) groups excluding carboxylic acids is 1. The lowest BCUT2D eigenvalue weighted by atomic mass is 10.2. The molecule has 0 radical (unpaired) electrons. The molecule has 0 aliphatic carbocycles. The van der Waals surface area contributed by atoms with E-state index in [1.807, 2.05) is 0 Å². The van der Waals surface area contributed by atoms with E-state index in [0.29, 0.717) is 34.2 Å². The zero-order valence-electron chi connectivity index (χ0n) is 12.1. The van der Waals surface area contributed by atoms with Crippen LogP contribution in [0.5, 0.6) is 11.5 Å². The van der Waals surface area contributed by atoms with Crippen LogP contribution in [-0.4, -0.2) is 42.5 Å². The third-order valence-electron chi connectivity index (χ3n) is 2.67. The van der Waals surface area contributed by atoms with Crippen molar-refractivity contribution in [1.82, 2.24) is 9.97 Å². The van der Waals surface area contributed by atoms with E-state index in [1.165, 1.54) is 11.8 Å². The van der Waals surface area contributed by atoms with Gasteiger partial charge in [-0.1, -0.05) is 11.8 Å². The lowest BCUT2D eigenvalue weighted by molar-refractivity contribution is -0.139. The first-order valence-corrected chi connectivity index (χ1v) is 7.33. The fourth-order valence-electron chi connectivity index (χ4n) is 1.73. The van der Waals surface area contributed by atoms with Gasteiger partial charge in [-0.2, -0.15) is 0 Å². The number of methoxy groups -OCH3 is 2. The van der Waals surface area contributed by atoms with E-state index in [-0.39, 0.29) is 11.7 Å². The molecule has 0 bridgehead atoms. The molecular formula is C14H16N2O4S. The zero-order valence-corrected chi connectivity index (χ0v) is 12.9. The zero-order chi connectivity index (χ0) is 15.2. The molecule has 0 aliphatic rings. The van der Waals surface area contributed by atoms with E-state index >= 15 is 0 Å². The molecule has 1 aromatic heterocycles. The molecule has 0 atom stereocenters. The SMILES string of the molecule is CCOC(=O)CSc1cnc2cc(OC)c(OC)cc2n1. The molecule has 2 aromatic rings. The van der Waals surface area contributed by atoms with Crippen molar-refractivity contribution >= 4 is 28.8 Å². The summed E-state index contributed by atoms with van der Waals surface area (Å²) in [5, 5.41) is 0.655. The summed E-state index contributed by atoms with van der Waals surface area (Å²) in [6.45, 7) is 2.15. The smallest absolute Gasteiger partial charge is 0.316 e. The number of esters is 1. The molecule has 21 heavy (non-hydrogen) atoms. The van der Waals surface area contributed by atoms with Crippen molar-refractivity contribution in [2.75, 3.05) is 26.6 Å². The van der Waals surface area contributed by atoms with E-state index in [1.54, 1.807) is 39.5 Å². The van der Waals surface area contributed by atoms with Gasteiger partial charge in [0.15, 0.2) is 11.5 Å². The standard InChI is InChI=1S/C14H16N2O4S/c1-4-20-14(17)8-21-13-7-15-9-5-11(18-2)12(19-3)6-10(9)16-13/h5-7H,4,8H2,1-3H3. The molecule has 112 valence electrons. The first kappa shape index (κ1) is 15.4. The maximum atomic E-state index is 11.3. The third-order valence-corrected chi connectivity index (χ3v) is 3.54. The van der Waals surface area contributed by atoms with E-state index in [4.69, 9.17) is 14.2 Å². The minimum absolute atomic E-state index is 0.210.